The molecule has 0 spiro atoms. The molecule has 1 aromatic rings. The fraction of sp³-hybridized carbons (Fsp3) is 0.286. The summed E-state index contributed by atoms with van der Waals surface area (Å²) in [5.41, 5.74) is 3.50. The summed E-state index contributed by atoms with van der Waals surface area (Å²) in [5.74, 6) is -3.00. The van der Waals surface area contributed by atoms with Crippen LogP contribution in [-0.4, -0.2) is 16.3 Å². The number of hydrogen-bond acceptors (Lipinski definition) is 5. The SMILES string of the molecule is NCc1c([N+](=O)[O-])cnc(OC(F)(F)F)c1F. The molecule has 0 fully saturated rings. The number of ether oxygens (including phenoxy) is 1. The van der Waals surface area contributed by atoms with Crippen LogP contribution in [0.3, 0.4) is 0 Å². The zero-order chi connectivity index (χ0) is 13.2. The molecule has 0 radical (unpaired) electrons. The molecule has 1 rings (SSSR count). The molecule has 0 aliphatic heterocycles. The Balaban J connectivity index is 3.25. The molecule has 0 atom stereocenters. The summed E-state index contributed by atoms with van der Waals surface area (Å²) in [5, 5.41) is 10.4. The molecule has 0 aromatic carbocycles. The summed E-state index contributed by atoms with van der Waals surface area (Å²) < 4.78 is 52.1. The molecule has 0 bridgehead atoms. The van der Waals surface area contributed by atoms with Gasteiger partial charge in [0, 0.05) is 6.54 Å². The van der Waals surface area contributed by atoms with Gasteiger partial charge in [0.15, 0.2) is 5.82 Å². The highest BCUT2D eigenvalue weighted by atomic mass is 19.4. The topological polar surface area (TPSA) is 91.3 Å². The molecule has 0 amide bonds. The summed E-state index contributed by atoms with van der Waals surface area (Å²) in [4.78, 5) is 12.3. The molecule has 0 unspecified atom stereocenters. The van der Waals surface area contributed by atoms with Crippen molar-refractivity contribution in [3.63, 3.8) is 0 Å². The van der Waals surface area contributed by atoms with Crippen LogP contribution in [0.5, 0.6) is 5.88 Å². The van der Waals surface area contributed by atoms with Crippen molar-refractivity contribution in [1.29, 1.82) is 0 Å². The van der Waals surface area contributed by atoms with Gasteiger partial charge in [-0.15, -0.1) is 13.2 Å². The quantitative estimate of drug-likeness (QED) is 0.501. The zero-order valence-corrected chi connectivity index (χ0v) is 7.99. The lowest BCUT2D eigenvalue weighted by Gasteiger charge is -2.10. The van der Waals surface area contributed by atoms with Crippen molar-refractivity contribution in [2.24, 2.45) is 5.73 Å². The monoisotopic (exact) mass is 255 g/mol. The first-order valence-electron chi connectivity index (χ1n) is 4.04. The Labute approximate surface area is 91.1 Å². The molecule has 0 aliphatic carbocycles. The summed E-state index contributed by atoms with van der Waals surface area (Å²) in [6, 6.07) is 0. The number of nitrogens with zero attached hydrogens (tertiary/aromatic N) is 2. The smallest absolute Gasteiger partial charge is 0.385 e. The van der Waals surface area contributed by atoms with Crippen molar-refractivity contribution < 1.29 is 27.2 Å². The normalized spacial score (nSPS) is 11.4. The molecule has 10 heteroatoms. The first-order chi connectivity index (χ1) is 7.76. The Morgan fingerprint density at radius 3 is 2.53 bits per heavy atom. The van der Waals surface area contributed by atoms with Gasteiger partial charge in [-0.3, -0.25) is 10.1 Å². The van der Waals surface area contributed by atoms with Gasteiger partial charge in [0.05, 0.1) is 10.5 Å². The average molecular weight is 255 g/mol. The van der Waals surface area contributed by atoms with Gasteiger partial charge < -0.3 is 10.5 Å². The van der Waals surface area contributed by atoms with Crippen LogP contribution in [0.4, 0.5) is 23.2 Å². The predicted octanol–water partition coefficient (Wildman–Crippen LogP) is 1.49. The Hall–Kier alpha value is -1.97. The van der Waals surface area contributed by atoms with Crippen LogP contribution in [0.25, 0.3) is 0 Å². The maximum Gasteiger partial charge on any atom is 0.574 e. The van der Waals surface area contributed by atoms with Gasteiger partial charge in [-0.05, 0) is 0 Å². The molecule has 1 aromatic heterocycles. The summed E-state index contributed by atoms with van der Waals surface area (Å²) >= 11 is 0. The van der Waals surface area contributed by atoms with Crippen LogP contribution in [0, 0.1) is 15.9 Å². The Morgan fingerprint density at radius 1 is 1.53 bits per heavy atom. The van der Waals surface area contributed by atoms with E-state index in [1.165, 1.54) is 0 Å². The number of pyridine rings is 1. The summed E-state index contributed by atoms with van der Waals surface area (Å²) in [7, 11) is 0. The summed E-state index contributed by atoms with van der Waals surface area (Å²) in [6.07, 6.45) is -4.69. The fourth-order valence-electron chi connectivity index (χ4n) is 1.03. The van der Waals surface area contributed by atoms with E-state index in [2.05, 4.69) is 9.72 Å². The van der Waals surface area contributed by atoms with E-state index in [0.717, 1.165) is 0 Å². The Kier molecular flexibility index (Phi) is 3.46. The van der Waals surface area contributed by atoms with E-state index in [0.29, 0.717) is 6.20 Å². The van der Waals surface area contributed by atoms with E-state index in [1.807, 2.05) is 0 Å². The van der Waals surface area contributed by atoms with Gasteiger partial charge in [-0.25, -0.2) is 9.37 Å². The van der Waals surface area contributed by atoms with Gasteiger partial charge in [0.1, 0.15) is 6.20 Å². The predicted molar refractivity (Wildman–Crippen MR) is 45.4 cm³/mol. The lowest BCUT2D eigenvalue weighted by atomic mass is 10.2. The van der Waals surface area contributed by atoms with Gasteiger partial charge in [0.25, 0.3) is 11.6 Å². The van der Waals surface area contributed by atoms with E-state index in [-0.39, 0.29) is 0 Å². The lowest BCUT2D eigenvalue weighted by molar-refractivity contribution is -0.386. The third kappa shape index (κ3) is 3.00. The van der Waals surface area contributed by atoms with Crippen LogP contribution >= 0.6 is 0 Å². The van der Waals surface area contributed by atoms with Crippen LogP contribution in [0.2, 0.25) is 0 Å². The molecule has 94 valence electrons. The molecule has 0 saturated heterocycles. The average Bonchev–Trinajstić information content (AvgIpc) is 2.18. The van der Waals surface area contributed by atoms with E-state index >= 15 is 0 Å². The lowest BCUT2D eigenvalue weighted by Crippen LogP contribution is -2.20. The molecule has 0 saturated carbocycles. The third-order valence-corrected chi connectivity index (χ3v) is 1.68. The van der Waals surface area contributed by atoms with E-state index < -0.39 is 40.8 Å². The van der Waals surface area contributed by atoms with Crippen molar-refractivity contribution >= 4 is 5.69 Å². The largest absolute Gasteiger partial charge is 0.574 e. The second-order valence-corrected chi connectivity index (χ2v) is 2.75. The maximum absolute atomic E-state index is 13.4. The van der Waals surface area contributed by atoms with Crippen LogP contribution in [0.15, 0.2) is 6.20 Å². The molecule has 2 N–H and O–H groups in total. The van der Waals surface area contributed by atoms with Gasteiger partial charge in [-0.2, -0.15) is 0 Å². The second-order valence-electron chi connectivity index (χ2n) is 2.75. The van der Waals surface area contributed by atoms with E-state index in [1.54, 1.807) is 0 Å². The Bertz CT molecular complexity index is 449. The minimum Gasteiger partial charge on any atom is -0.385 e. The number of hydrogen-bond donors (Lipinski definition) is 1. The summed E-state index contributed by atoms with van der Waals surface area (Å²) in [6.45, 7) is -0.654. The molecule has 0 aliphatic rings. The zero-order valence-electron chi connectivity index (χ0n) is 7.99. The maximum atomic E-state index is 13.4. The first kappa shape index (κ1) is 13.1. The highest BCUT2D eigenvalue weighted by Gasteiger charge is 2.35. The van der Waals surface area contributed by atoms with Crippen molar-refractivity contribution in [3.05, 3.63) is 27.7 Å². The van der Waals surface area contributed by atoms with E-state index in [9.17, 15) is 27.7 Å². The standard InChI is InChI=1S/C7H5F4N3O3/c8-5-3(1-12)4(14(15)16)2-13-6(5)17-7(9,10)11/h2H,1,12H2. The first-order valence-corrected chi connectivity index (χ1v) is 4.04. The van der Waals surface area contributed by atoms with Crippen molar-refractivity contribution in [1.82, 2.24) is 4.98 Å². The van der Waals surface area contributed by atoms with Crippen molar-refractivity contribution in [2.45, 2.75) is 12.9 Å². The highest BCUT2D eigenvalue weighted by Crippen LogP contribution is 2.29. The van der Waals surface area contributed by atoms with Gasteiger partial charge in [-0.1, -0.05) is 0 Å². The van der Waals surface area contributed by atoms with Crippen molar-refractivity contribution in [3.8, 4) is 5.88 Å². The molecule has 17 heavy (non-hydrogen) atoms. The number of aromatic nitrogens is 1. The van der Waals surface area contributed by atoms with Gasteiger partial charge in [0.2, 0.25) is 0 Å². The number of halogens is 4. The molecular weight excluding hydrogens is 250 g/mol. The fourth-order valence-corrected chi connectivity index (χ4v) is 1.03. The number of alkyl halides is 3. The van der Waals surface area contributed by atoms with Crippen molar-refractivity contribution in [2.75, 3.05) is 0 Å². The molecular formula is C7H5F4N3O3. The number of nitro groups is 1. The molecule has 1 heterocycles. The van der Waals surface area contributed by atoms with E-state index in [4.69, 9.17) is 5.73 Å². The second kappa shape index (κ2) is 4.49. The van der Waals surface area contributed by atoms with Crippen LogP contribution in [0.1, 0.15) is 5.56 Å². The Morgan fingerprint density at radius 2 is 2.12 bits per heavy atom. The minimum atomic E-state index is -5.14. The number of nitrogens with two attached hydrogens (primary N) is 1. The molecule has 6 nitrogen and oxygen atoms in total. The van der Waals surface area contributed by atoms with Gasteiger partial charge >= 0.3 is 6.36 Å². The third-order valence-electron chi connectivity index (χ3n) is 1.68. The minimum absolute atomic E-state index is 0.451. The number of rotatable bonds is 3. The van der Waals surface area contributed by atoms with Crippen LogP contribution in [-0.2, 0) is 6.54 Å². The highest BCUT2D eigenvalue weighted by molar-refractivity contribution is 5.41. The van der Waals surface area contributed by atoms with Crippen LogP contribution < -0.4 is 10.5 Å².